The van der Waals surface area contributed by atoms with E-state index in [-0.39, 0.29) is 32.0 Å². The average Bonchev–Trinajstić information content (AvgIpc) is 3.41. The summed E-state index contributed by atoms with van der Waals surface area (Å²) < 4.78 is 34.2. The summed E-state index contributed by atoms with van der Waals surface area (Å²) in [5.74, 6) is -0.836. The Balaban J connectivity index is 4.12. The summed E-state index contributed by atoms with van der Waals surface area (Å²) in [6.45, 7) is 4.02. The summed E-state index contributed by atoms with van der Waals surface area (Å²) in [6, 6.07) is 0. The first-order valence-corrected chi connectivity index (χ1v) is 33.1. The lowest BCUT2D eigenvalue weighted by Crippen LogP contribution is -2.37. The average molecular weight is 1110 g/mol. The number of carbonyl (C=O) groups is 2. The highest BCUT2D eigenvalue weighted by molar-refractivity contribution is 7.45. The normalized spacial score (nSPS) is 14.0. The van der Waals surface area contributed by atoms with Crippen LogP contribution in [0.5, 0.6) is 0 Å². The second kappa shape index (κ2) is 58.3. The molecule has 0 aromatic heterocycles. The topological polar surface area (TPSA) is 111 Å². The van der Waals surface area contributed by atoms with E-state index in [0.717, 1.165) is 96.3 Å². The van der Waals surface area contributed by atoms with Crippen LogP contribution in [0.25, 0.3) is 0 Å². The smallest absolute Gasteiger partial charge is 0.306 e. The first-order valence-electron chi connectivity index (χ1n) is 31.6. The molecule has 0 saturated heterocycles. The fraction of sp³-hybridized carbons (Fsp3) is 0.706. The van der Waals surface area contributed by atoms with Crippen molar-refractivity contribution < 1.29 is 42.1 Å². The molecule has 0 spiro atoms. The predicted octanol–water partition coefficient (Wildman–Crippen LogP) is 19.5. The quantitative estimate of drug-likeness (QED) is 0.0195. The zero-order chi connectivity index (χ0) is 57.0. The third-order valence-corrected chi connectivity index (χ3v) is 14.3. The van der Waals surface area contributed by atoms with Gasteiger partial charge in [-0.15, -0.1) is 0 Å². The molecule has 9 nitrogen and oxygen atoms in total. The fourth-order valence-corrected chi connectivity index (χ4v) is 9.23. The van der Waals surface area contributed by atoms with Crippen LogP contribution in [0.1, 0.15) is 258 Å². The molecule has 0 aromatic carbocycles. The summed E-state index contributed by atoms with van der Waals surface area (Å²) >= 11 is 0. The largest absolute Gasteiger partial charge is 0.756 e. The molecule has 0 rings (SSSR count). The van der Waals surface area contributed by atoms with Crippen molar-refractivity contribution in [1.29, 1.82) is 0 Å². The van der Waals surface area contributed by atoms with E-state index < -0.39 is 26.5 Å². The van der Waals surface area contributed by atoms with Gasteiger partial charge < -0.3 is 27.9 Å². The maximum Gasteiger partial charge on any atom is 0.306 e. The van der Waals surface area contributed by atoms with Gasteiger partial charge in [0, 0.05) is 12.8 Å². The minimum absolute atomic E-state index is 0.0355. The number of unbranched alkanes of at least 4 members (excludes halogenated alkanes) is 25. The molecule has 0 aliphatic rings. The Hall–Kier alpha value is -3.33. The number of rotatable bonds is 57. The maximum atomic E-state index is 12.8. The molecular formula is C68H118NO8P. The van der Waals surface area contributed by atoms with E-state index in [9.17, 15) is 19.0 Å². The van der Waals surface area contributed by atoms with Crippen molar-refractivity contribution in [2.24, 2.45) is 0 Å². The lowest BCUT2D eigenvalue weighted by molar-refractivity contribution is -0.870. The minimum Gasteiger partial charge on any atom is -0.756 e. The Kier molecular flexibility index (Phi) is 55.8. The standard InChI is InChI=1S/C68H118NO8P/c1-6-8-10-12-14-16-18-20-22-24-26-28-30-32-33-34-35-37-39-41-43-45-47-49-51-53-55-57-59-61-68(71)77-66(65-76-78(72,73)75-63-62-69(3,4)5)64-74-67(70)60-58-56-54-52-50-48-46-44-42-40-38-36-31-29-27-25-23-21-19-17-15-13-11-9-7-2/h8-11,14-17,20-23,26-29,32-33,66H,6-7,12-13,18-19,24-25,30-31,34-65H2,1-5H3/b10-8-,11-9-,16-14-,17-15-,22-20-,23-21-,28-26-,29-27-,33-32-. The molecule has 0 heterocycles. The molecule has 0 bridgehead atoms. The summed E-state index contributed by atoms with van der Waals surface area (Å²) in [5, 5.41) is 0. The fourth-order valence-electron chi connectivity index (χ4n) is 8.50. The van der Waals surface area contributed by atoms with Gasteiger partial charge in [0.15, 0.2) is 6.10 Å². The molecule has 0 saturated carbocycles. The van der Waals surface area contributed by atoms with Crippen molar-refractivity contribution >= 4 is 19.8 Å². The monoisotopic (exact) mass is 1110 g/mol. The second-order valence-corrected chi connectivity index (χ2v) is 23.4. The molecule has 448 valence electrons. The third-order valence-electron chi connectivity index (χ3n) is 13.3. The van der Waals surface area contributed by atoms with Crippen LogP contribution < -0.4 is 4.89 Å². The lowest BCUT2D eigenvalue weighted by Gasteiger charge is -2.28. The van der Waals surface area contributed by atoms with Crippen LogP contribution in [0.4, 0.5) is 0 Å². The van der Waals surface area contributed by atoms with E-state index in [0.29, 0.717) is 17.4 Å². The number of quaternary nitrogens is 1. The van der Waals surface area contributed by atoms with Gasteiger partial charge in [-0.3, -0.25) is 14.2 Å². The van der Waals surface area contributed by atoms with Crippen LogP contribution in [-0.2, 0) is 32.7 Å². The number of nitrogens with zero attached hydrogens (tertiary/aromatic N) is 1. The van der Waals surface area contributed by atoms with Crippen LogP contribution >= 0.6 is 7.82 Å². The molecule has 0 radical (unpaired) electrons. The molecule has 78 heavy (non-hydrogen) atoms. The molecule has 0 aromatic rings. The predicted molar refractivity (Wildman–Crippen MR) is 332 cm³/mol. The van der Waals surface area contributed by atoms with Gasteiger partial charge in [0.2, 0.25) is 0 Å². The highest BCUT2D eigenvalue weighted by atomic mass is 31.2. The Morgan fingerprint density at radius 2 is 0.692 bits per heavy atom. The maximum absolute atomic E-state index is 12.8. The Morgan fingerprint density at radius 3 is 1.03 bits per heavy atom. The van der Waals surface area contributed by atoms with E-state index >= 15 is 0 Å². The van der Waals surface area contributed by atoms with Gasteiger partial charge in [0.25, 0.3) is 7.82 Å². The van der Waals surface area contributed by atoms with Gasteiger partial charge >= 0.3 is 11.9 Å². The molecule has 0 fully saturated rings. The van der Waals surface area contributed by atoms with Crippen molar-refractivity contribution in [2.45, 2.75) is 264 Å². The Labute approximate surface area is 480 Å². The van der Waals surface area contributed by atoms with Gasteiger partial charge in [-0.25, -0.2) is 0 Å². The molecule has 10 heteroatoms. The van der Waals surface area contributed by atoms with Crippen LogP contribution in [0.15, 0.2) is 109 Å². The number of phosphoric ester groups is 1. The SMILES string of the molecule is CC/C=C\C/C=C\C/C=C\C/C=C\C/C=C\CCCCCCCCCCCCCCCC(=O)OC(COC(=O)CCCCCCCCCCCCCC/C=C\C/C=C\C/C=C\C/C=C\CC)COP(=O)([O-])OCC[N+](C)(C)C. The Morgan fingerprint density at radius 1 is 0.397 bits per heavy atom. The number of esters is 2. The molecule has 2 atom stereocenters. The summed E-state index contributed by atoms with van der Waals surface area (Å²) in [6.07, 6.45) is 81.4. The van der Waals surface area contributed by atoms with E-state index in [1.807, 2.05) is 21.1 Å². The number of hydrogen-bond donors (Lipinski definition) is 0. The van der Waals surface area contributed by atoms with E-state index in [2.05, 4.69) is 123 Å². The summed E-state index contributed by atoms with van der Waals surface area (Å²) in [4.78, 5) is 38.0. The van der Waals surface area contributed by atoms with Crippen LogP contribution in [0, 0.1) is 0 Å². The minimum atomic E-state index is -4.65. The number of ether oxygens (including phenoxy) is 2. The van der Waals surface area contributed by atoms with Crippen molar-refractivity contribution in [3.63, 3.8) is 0 Å². The van der Waals surface area contributed by atoms with Crippen molar-refractivity contribution in [1.82, 2.24) is 0 Å². The van der Waals surface area contributed by atoms with Crippen LogP contribution in [-0.4, -0.2) is 70.0 Å². The number of carbonyl (C=O) groups excluding carboxylic acids is 2. The first kappa shape index (κ1) is 74.7. The molecule has 0 aliphatic heterocycles. The van der Waals surface area contributed by atoms with Crippen molar-refractivity contribution in [2.75, 3.05) is 47.5 Å². The number of allylic oxidation sites excluding steroid dienone is 18. The zero-order valence-electron chi connectivity index (χ0n) is 50.8. The van der Waals surface area contributed by atoms with Gasteiger partial charge in [0.05, 0.1) is 27.7 Å². The number of hydrogen-bond acceptors (Lipinski definition) is 8. The lowest BCUT2D eigenvalue weighted by atomic mass is 10.0. The van der Waals surface area contributed by atoms with E-state index in [4.69, 9.17) is 18.5 Å². The van der Waals surface area contributed by atoms with Crippen molar-refractivity contribution in [3.8, 4) is 0 Å². The van der Waals surface area contributed by atoms with E-state index in [1.165, 1.54) is 128 Å². The van der Waals surface area contributed by atoms with Gasteiger partial charge in [-0.2, -0.15) is 0 Å². The second-order valence-electron chi connectivity index (χ2n) is 22.0. The molecule has 0 aliphatic carbocycles. The molecule has 0 amide bonds. The van der Waals surface area contributed by atoms with Gasteiger partial charge in [-0.05, 0) is 96.3 Å². The summed E-state index contributed by atoms with van der Waals surface area (Å²) in [7, 11) is 1.16. The van der Waals surface area contributed by atoms with Crippen LogP contribution in [0.2, 0.25) is 0 Å². The first-order chi connectivity index (χ1) is 38.0. The van der Waals surface area contributed by atoms with Gasteiger partial charge in [0.1, 0.15) is 19.8 Å². The van der Waals surface area contributed by atoms with Crippen LogP contribution in [0.3, 0.4) is 0 Å². The third kappa shape index (κ3) is 61.9. The molecular weight excluding hydrogens is 990 g/mol. The number of phosphoric acid groups is 1. The van der Waals surface area contributed by atoms with Gasteiger partial charge in [-0.1, -0.05) is 258 Å². The Bertz CT molecular complexity index is 1680. The molecule has 2 unspecified atom stereocenters. The summed E-state index contributed by atoms with van der Waals surface area (Å²) in [5.41, 5.74) is 0. The highest BCUT2D eigenvalue weighted by Gasteiger charge is 2.22. The number of likely N-dealkylation sites (N-methyl/N-ethyl adjacent to an activating group) is 1. The zero-order valence-corrected chi connectivity index (χ0v) is 51.7. The highest BCUT2D eigenvalue weighted by Crippen LogP contribution is 2.38. The van der Waals surface area contributed by atoms with E-state index in [1.54, 1.807) is 0 Å². The molecule has 0 N–H and O–H groups in total. The van der Waals surface area contributed by atoms with Crippen molar-refractivity contribution in [3.05, 3.63) is 109 Å².